The maximum Gasteiger partial charge on any atom is 0.0346 e. The third-order valence-electron chi connectivity index (χ3n) is 1.33. The fourth-order valence-corrected chi connectivity index (χ4v) is 0.774. The number of hydrogen-bond acceptors (Lipinski definition) is 1. The summed E-state index contributed by atoms with van der Waals surface area (Å²) in [5.41, 5.74) is 2.10. The third kappa shape index (κ3) is 2.70. The summed E-state index contributed by atoms with van der Waals surface area (Å²) >= 11 is 0. The summed E-state index contributed by atoms with van der Waals surface area (Å²) in [5, 5.41) is 0. The summed E-state index contributed by atoms with van der Waals surface area (Å²) in [4.78, 5) is 3.95. The molecule has 0 saturated heterocycles. The van der Waals surface area contributed by atoms with E-state index in [0.29, 0.717) is 0 Å². The molecule has 0 spiro atoms. The molecule has 0 radical (unpaired) electrons. The minimum absolute atomic E-state index is 1.03. The summed E-state index contributed by atoms with van der Waals surface area (Å²) < 4.78 is 0. The topological polar surface area (TPSA) is 12.9 Å². The molecule has 1 rings (SSSR count). The molecule has 0 N–H and O–H groups in total. The van der Waals surface area contributed by atoms with E-state index in [1.165, 1.54) is 0 Å². The number of aromatic nitrogens is 1. The highest BCUT2D eigenvalue weighted by Gasteiger charge is 1.90. The zero-order chi connectivity index (χ0) is 9.40. The van der Waals surface area contributed by atoms with Gasteiger partial charge >= 0.3 is 0 Å². The number of hydrogen-bond donors (Lipinski definition) is 0. The average molecular weight is 161 g/mol. The Morgan fingerprint density at radius 1 is 1.17 bits per heavy atom. The predicted octanol–water partition coefficient (Wildman–Crippen LogP) is 3.39. The van der Waals surface area contributed by atoms with E-state index < -0.39 is 0 Å². The van der Waals surface area contributed by atoms with Gasteiger partial charge in [0.05, 0.1) is 0 Å². The molecule has 0 saturated carbocycles. The van der Waals surface area contributed by atoms with Crippen LogP contribution in [0.25, 0.3) is 12.2 Å². The molecule has 0 aromatic carbocycles. The monoisotopic (exact) mass is 161 g/mol. The van der Waals surface area contributed by atoms with Gasteiger partial charge in [-0.05, 0) is 17.2 Å². The van der Waals surface area contributed by atoms with Crippen molar-refractivity contribution in [1.82, 2.24) is 4.98 Å². The molecule has 1 aromatic heterocycles. The number of rotatable bonds is 2. The van der Waals surface area contributed by atoms with Crippen LogP contribution in [0, 0.1) is 0 Å². The highest BCUT2D eigenvalue weighted by atomic mass is 14.6. The van der Waals surface area contributed by atoms with E-state index in [1.807, 2.05) is 19.9 Å². The molecule has 0 amide bonds. The Labute approximate surface area is 74.5 Å². The normalized spacial score (nSPS) is 7.83. The van der Waals surface area contributed by atoms with Crippen LogP contribution < -0.4 is 0 Å². The lowest BCUT2D eigenvalue weighted by molar-refractivity contribution is 1.31. The number of nitrogens with zero attached hydrogens (tertiary/aromatic N) is 1. The zero-order valence-corrected chi connectivity index (χ0v) is 7.75. The van der Waals surface area contributed by atoms with Gasteiger partial charge in [0.25, 0.3) is 0 Å². The Bertz CT molecular complexity index is 224. The molecule has 1 nitrogen and oxygen atoms in total. The molecule has 12 heavy (non-hydrogen) atoms. The molecular formula is C11H15N. The molecule has 0 bridgehead atoms. The quantitative estimate of drug-likeness (QED) is 0.647. The summed E-state index contributed by atoms with van der Waals surface area (Å²) in [5.74, 6) is 0. The first-order chi connectivity index (χ1) is 5.88. The van der Waals surface area contributed by atoms with Crippen LogP contribution in [0.3, 0.4) is 0 Å². The van der Waals surface area contributed by atoms with E-state index in [-0.39, 0.29) is 0 Å². The van der Waals surface area contributed by atoms with Gasteiger partial charge in [0.2, 0.25) is 0 Å². The first kappa shape index (κ1) is 10.6. The van der Waals surface area contributed by atoms with Gasteiger partial charge in [-0.15, -0.1) is 0 Å². The maximum atomic E-state index is 3.95. The molecular weight excluding hydrogens is 146 g/mol. The van der Waals surface area contributed by atoms with E-state index in [4.69, 9.17) is 0 Å². The van der Waals surface area contributed by atoms with Crippen LogP contribution in [0.1, 0.15) is 25.0 Å². The molecule has 0 aliphatic rings. The summed E-state index contributed by atoms with van der Waals surface area (Å²) in [7, 11) is 0. The van der Waals surface area contributed by atoms with Crippen molar-refractivity contribution in [2.75, 3.05) is 0 Å². The molecule has 0 unspecified atom stereocenters. The predicted molar refractivity (Wildman–Crippen MR) is 55.8 cm³/mol. The first-order valence-corrected chi connectivity index (χ1v) is 4.07. The van der Waals surface area contributed by atoms with E-state index in [1.54, 1.807) is 24.5 Å². The highest BCUT2D eigenvalue weighted by molar-refractivity contribution is 5.62. The van der Waals surface area contributed by atoms with Gasteiger partial charge in [-0.1, -0.05) is 39.2 Å². The van der Waals surface area contributed by atoms with Crippen LogP contribution in [0.15, 0.2) is 31.6 Å². The van der Waals surface area contributed by atoms with Crippen molar-refractivity contribution in [3.05, 3.63) is 42.7 Å². The maximum absolute atomic E-state index is 3.95. The van der Waals surface area contributed by atoms with Gasteiger partial charge in [0.15, 0.2) is 0 Å². The van der Waals surface area contributed by atoms with Crippen LogP contribution in [0.4, 0.5) is 0 Å². The second kappa shape index (κ2) is 6.35. The van der Waals surface area contributed by atoms with Crippen molar-refractivity contribution < 1.29 is 0 Å². The lowest BCUT2D eigenvalue weighted by Crippen LogP contribution is -1.79. The highest BCUT2D eigenvalue weighted by Crippen LogP contribution is 2.08. The Hall–Kier alpha value is -1.37. The van der Waals surface area contributed by atoms with Crippen molar-refractivity contribution in [1.29, 1.82) is 0 Å². The van der Waals surface area contributed by atoms with Crippen LogP contribution in [0.2, 0.25) is 0 Å². The summed E-state index contributed by atoms with van der Waals surface area (Å²) in [6.45, 7) is 11.3. The van der Waals surface area contributed by atoms with Gasteiger partial charge in [-0.2, -0.15) is 0 Å². The van der Waals surface area contributed by atoms with Crippen molar-refractivity contribution in [2.45, 2.75) is 13.8 Å². The lowest BCUT2D eigenvalue weighted by atomic mass is 10.1. The molecule has 1 heteroatoms. The van der Waals surface area contributed by atoms with Gasteiger partial charge in [-0.25, -0.2) is 0 Å². The smallest absolute Gasteiger partial charge is 0.0346 e. The standard InChI is InChI=1S/C9H9N.C2H6/c1-3-8-5-6-10-7-9(8)4-2;1-2/h3-7H,1-2H2;1-2H3. The molecule has 0 atom stereocenters. The Balaban J connectivity index is 0.000000561. The van der Waals surface area contributed by atoms with Crippen LogP contribution in [-0.2, 0) is 0 Å². The second-order valence-corrected chi connectivity index (χ2v) is 1.91. The SMILES string of the molecule is C=Cc1ccncc1C=C.CC. The largest absolute Gasteiger partial charge is 0.264 e. The van der Waals surface area contributed by atoms with Crippen molar-refractivity contribution >= 4 is 12.2 Å². The van der Waals surface area contributed by atoms with Crippen molar-refractivity contribution in [3.8, 4) is 0 Å². The lowest BCUT2D eigenvalue weighted by Gasteiger charge is -1.95. The average Bonchev–Trinajstić information content (AvgIpc) is 2.20. The molecule has 0 aliphatic heterocycles. The van der Waals surface area contributed by atoms with Gasteiger partial charge in [0, 0.05) is 12.4 Å². The molecule has 64 valence electrons. The van der Waals surface area contributed by atoms with Crippen LogP contribution in [-0.4, -0.2) is 4.98 Å². The van der Waals surface area contributed by atoms with E-state index in [2.05, 4.69) is 18.1 Å². The van der Waals surface area contributed by atoms with Crippen LogP contribution >= 0.6 is 0 Å². The summed E-state index contributed by atoms with van der Waals surface area (Å²) in [6.07, 6.45) is 7.07. The minimum Gasteiger partial charge on any atom is -0.264 e. The van der Waals surface area contributed by atoms with E-state index in [0.717, 1.165) is 11.1 Å². The minimum atomic E-state index is 1.03. The third-order valence-corrected chi connectivity index (χ3v) is 1.33. The fraction of sp³-hybridized carbons (Fsp3) is 0.182. The molecule has 0 aliphatic carbocycles. The van der Waals surface area contributed by atoms with E-state index >= 15 is 0 Å². The Kier molecular flexibility index (Phi) is 5.62. The molecule has 0 fully saturated rings. The van der Waals surface area contributed by atoms with Crippen molar-refractivity contribution in [2.24, 2.45) is 0 Å². The van der Waals surface area contributed by atoms with Gasteiger partial charge in [0.1, 0.15) is 0 Å². The Morgan fingerprint density at radius 2 is 1.75 bits per heavy atom. The Morgan fingerprint density at radius 3 is 2.17 bits per heavy atom. The molecule has 1 aromatic rings. The summed E-state index contributed by atoms with van der Waals surface area (Å²) in [6, 6.07) is 1.91. The zero-order valence-electron chi connectivity index (χ0n) is 7.75. The fourth-order valence-electron chi connectivity index (χ4n) is 0.774. The number of pyridine rings is 1. The van der Waals surface area contributed by atoms with Crippen LogP contribution in [0.5, 0.6) is 0 Å². The van der Waals surface area contributed by atoms with Gasteiger partial charge < -0.3 is 0 Å². The first-order valence-electron chi connectivity index (χ1n) is 4.07. The molecule has 1 heterocycles. The van der Waals surface area contributed by atoms with Crippen molar-refractivity contribution in [3.63, 3.8) is 0 Å². The van der Waals surface area contributed by atoms with Gasteiger partial charge in [-0.3, -0.25) is 4.98 Å². The second-order valence-electron chi connectivity index (χ2n) is 1.91. The van der Waals surface area contributed by atoms with E-state index in [9.17, 15) is 0 Å².